The molecule has 0 saturated carbocycles. The highest BCUT2D eigenvalue weighted by atomic mass is 32.1. The normalized spacial score (nSPS) is 14.0. The van der Waals surface area contributed by atoms with Crippen LogP contribution in [0.15, 0.2) is 224 Å². The van der Waals surface area contributed by atoms with E-state index >= 15 is 0 Å². The van der Waals surface area contributed by atoms with Crippen molar-refractivity contribution in [2.75, 3.05) is 4.90 Å². The molecule has 0 aliphatic heterocycles. The fourth-order valence-corrected chi connectivity index (χ4v) is 12.7. The summed E-state index contributed by atoms with van der Waals surface area (Å²) in [7, 11) is 0. The highest BCUT2D eigenvalue weighted by Crippen LogP contribution is 2.62. The van der Waals surface area contributed by atoms with E-state index in [0.29, 0.717) is 0 Å². The van der Waals surface area contributed by atoms with Crippen molar-refractivity contribution in [3.05, 3.63) is 258 Å². The van der Waals surface area contributed by atoms with Crippen molar-refractivity contribution >= 4 is 59.3 Å². The van der Waals surface area contributed by atoms with E-state index < -0.39 is 5.41 Å². The Hall–Kier alpha value is -7.52. The van der Waals surface area contributed by atoms with Crippen molar-refractivity contribution in [1.82, 2.24) is 0 Å². The molecule has 1 nitrogen and oxygen atoms in total. The molecular weight excluding hydrogens is 791 g/mol. The van der Waals surface area contributed by atoms with Crippen LogP contribution in [-0.2, 0) is 10.8 Å². The van der Waals surface area contributed by atoms with Crippen molar-refractivity contribution in [3.63, 3.8) is 0 Å². The first-order chi connectivity index (χ1) is 31.5. The SMILES string of the molecule is CC1(C)c2ccccc2-c2c(N(c3ccc(-c4ccc5sc6ccccc6c5c4)cc3)c3cccc4c3-c3ccccc3C4(c3ccccc3)c3ccccc3)cc3ccccc3c21. The fraction of sp³-hybridized carbons (Fsp3) is 0.0645. The number of benzene rings is 10. The van der Waals surface area contributed by atoms with E-state index in [1.807, 2.05) is 11.3 Å². The van der Waals surface area contributed by atoms with Gasteiger partial charge in [0.1, 0.15) is 0 Å². The van der Waals surface area contributed by atoms with Gasteiger partial charge in [0.15, 0.2) is 0 Å². The average molecular weight is 834 g/mol. The number of rotatable bonds is 6. The smallest absolute Gasteiger partial charge is 0.0714 e. The Morgan fingerprint density at radius 2 is 0.969 bits per heavy atom. The lowest BCUT2D eigenvalue weighted by Crippen LogP contribution is -2.28. The zero-order valence-corrected chi connectivity index (χ0v) is 36.5. The molecule has 0 radical (unpaired) electrons. The van der Waals surface area contributed by atoms with Crippen LogP contribution in [0.4, 0.5) is 17.1 Å². The number of fused-ring (bicyclic) bond motifs is 11. The number of anilines is 3. The van der Waals surface area contributed by atoms with Gasteiger partial charge in [-0.25, -0.2) is 0 Å². The zero-order valence-electron chi connectivity index (χ0n) is 35.7. The molecule has 64 heavy (non-hydrogen) atoms. The summed E-state index contributed by atoms with van der Waals surface area (Å²) in [5.41, 5.74) is 18.2. The number of nitrogens with zero attached hydrogens (tertiary/aromatic N) is 1. The van der Waals surface area contributed by atoms with Crippen LogP contribution in [0.1, 0.15) is 47.2 Å². The molecule has 1 aromatic heterocycles. The van der Waals surface area contributed by atoms with Crippen LogP contribution in [-0.4, -0.2) is 0 Å². The van der Waals surface area contributed by atoms with Crippen LogP contribution < -0.4 is 4.90 Å². The van der Waals surface area contributed by atoms with Crippen LogP contribution in [0.5, 0.6) is 0 Å². The van der Waals surface area contributed by atoms with Gasteiger partial charge in [-0.2, -0.15) is 0 Å². The van der Waals surface area contributed by atoms with Crippen molar-refractivity contribution < 1.29 is 0 Å². The van der Waals surface area contributed by atoms with Gasteiger partial charge in [0.2, 0.25) is 0 Å². The van der Waals surface area contributed by atoms with Crippen molar-refractivity contribution in [1.29, 1.82) is 0 Å². The molecule has 0 bridgehead atoms. The first-order valence-electron chi connectivity index (χ1n) is 22.3. The van der Waals surface area contributed by atoms with Gasteiger partial charge in [-0.05, 0) is 109 Å². The monoisotopic (exact) mass is 833 g/mol. The molecule has 302 valence electrons. The molecule has 0 N–H and O–H groups in total. The molecule has 11 aromatic rings. The van der Waals surface area contributed by atoms with Gasteiger partial charge in [0.25, 0.3) is 0 Å². The molecule has 13 rings (SSSR count). The number of thiophene rings is 1. The second-order valence-electron chi connectivity index (χ2n) is 18.0. The molecule has 0 saturated heterocycles. The first-order valence-corrected chi connectivity index (χ1v) is 23.2. The topological polar surface area (TPSA) is 3.24 Å². The molecule has 2 heteroatoms. The quantitative estimate of drug-likeness (QED) is 0.161. The minimum Gasteiger partial charge on any atom is -0.309 e. The van der Waals surface area contributed by atoms with E-state index in [1.165, 1.54) is 103 Å². The summed E-state index contributed by atoms with van der Waals surface area (Å²) in [6, 6.07) is 84.1. The summed E-state index contributed by atoms with van der Waals surface area (Å²) >= 11 is 1.87. The van der Waals surface area contributed by atoms with Gasteiger partial charge in [-0.1, -0.05) is 196 Å². The van der Waals surface area contributed by atoms with E-state index in [-0.39, 0.29) is 5.41 Å². The third kappa shape index (κ3) is 5.18. The maximum atomic E-state index is 2.59. The minimum atomic E-state index is -0.523. The first kappa shape index (κ1) is 37.1. The molecule has 0 amide bonds. The molecule has 2 aliphatic carbocycles. The summed E-state index contributed by atoms with van der Waals surface area (Å²) in [5, 5.41) is 5.19. The maximum Gasteiger partial charge on any atom is 0.0714 e. The van der Waals surface area contributed by atoms with Crippen LogP contribution in [0.3, 0.4) is 0 Å². The van der Waals surface area contributed by atoms with E-state index in [2.05, 4.69) is 243 Å². The van der Waals surface area contributed by atoms with E-state index in [4.69, 9.17) is 0 Å². The minimum absolute atomic E-state index is 0.206. The second-order valence-corrected chi connectivity index (χ2v) is 19.0. The van der Waals surface area contributed by atoms with E-state index in [0.717, 1.165) is 11.4 Å². The molecular formula is C62H43NS. The lowest BCUT2D eigenvalue weighted by atomic mass is 9.68. The van der Waals surface area contributed by atoms with Crippen LogP contribution in [0, 0.1) is 0 Å². The third-order valence-electron chi connectivity index (χ3n) is 14.3. The predicted octanol–water partition coefficient (Wildman–Crippen LogP) is 17.0. The highest BCUT2D eigenvalue weighted by molar-refractivity contribution is 7.25. The molecule has 10 aromatic carbocycles. The summed E-state index contributed by atoms with van der Waals surface area (Å²) in [5.74, 6) is 0. The molecule has 0 atom stereocenters. The molecule has 1 heterocycles. The van der Waals surface area contributed by atoms with Gasteiger partial charge < -0.3 is 4.90 Å². The van der Waals surface area contributed by atoms with Crippen LogP contribution >= 0.6 is 11.3 Å². The molecule has 0 spiro atoms. The van der Waals surface area contributed by atoms with Crippen molar-refractivity contribution in [2.24, 2.45) is 0 Å². The summed E-state index contributed by atoms with van der Waals surface area (Å²) in [6.07, 6.45) is 0. The summed E-state index contributed by atoms with van der Waals surface area (Å²) < 4.78 is 2.65. The third-order valence-corrected chi connectivity index (χ3v) is 15.5. The Kier molecular flexibility index (Phi) is 8.11. The zero-order chi connectivity index (χ0) is 42.6. The summed E-state index contributed by atoms with van der Waals surface area (Å²) in [4.78, 5) is 2.59. The van der Waals surface area contributed by atoms with Gasteiger partial charge in [0, 0.05) is 42.4 Å². The fourth-order valence-electron chi connectivity index (χ4n) is 11.6. The lowest BCUT2D eigenvalue weighted by molar-refractivity contribution is 0.666. The van der Waals surface area contributed by atoms with Gasteiger partial charge >= 0.3 is 0 Å². The predicted molar refractivity (Wildman–Crippen MR) is 272 cm³/mol. The molecule has 2 aliphatic rings. The number of hydrogen-bond acceptors (Lipinski definition) is 2. The average Bonchev–Trinajstić information content (AvgIpc) is 3.96. The Morgan fingerprint density at radius 3 is 1.72 bits per heavy atom. The van der Waals surface area contributed by atoms with Gasteiger partial charge in [-0.15, -0.1) is 11.3 Å². The van der Waals surface area contributed by atoms with Gasteiger partial charge in [-0.3, -0.25) is 0 Å². The lowest BCUT2D eigenvalue weighted by Gasteiger charge is -2.35. The van der Waals surface area contributed by atoms with Crippen molar-refractivity contribution in [3.8, 4) is 33.4 Å². The largest absolute Gasteiger partial charge is 0.309 e. The Morgan fingerprint density at radius 1 is 0.391 bits per heavy atom. The number of hydrogen-bond donors (Lipinski definition) is 0. The molecule has 0 unspecified atom stereocenters. The second kappa shape index (κ2) is 14.0. The van der Waals surface area contributed by atoms with E-state index in [1.54, 1.807) is 0 Å². The van der Waals surface area contributed by atoms with Crippen LogP contribution in [0.25, 0.3) is 64.3 Å². The highest BCUT2D eigenvalue weighted by Gasteiger charge is 2.48. The molecule has 0 fully saturated rings. The Balaban J connectivity index is 1.11. The Bertz CT molecular complexity index is 3590. The standard InChI is InChI=1S/C62H43NS/c1-61(2)51-27-14-11-25-48(51)59-55(39-42-18-9-10-23-46(42)60(59)61)63(45-35-32-40(33-36-45)41-34-37-57-50(38-41)47-24-13-16-31-56(47)64-57)54-30-17-29-53-58(54)49-26-12-15-28-52(49)62(53,43-19-5-3-6-20-43)44-21-7-4-8-22-44/h3-39H,1-2H3. The van der Waals surface area contributed by atoms with Crippen molar-refractivity contribution in [2.45, 2.75) is 24.7 Å². The van der Waals surface area contributed by atoms with Crippen LogP contribution in [0.2, 0.25) is 0 Å². The Labute approximate surface area is 378 Å². The van der Waals surface area contributed by atoms with Gasteiger partial charge in [0.05, 0.1) is 16.8 Å². The summed E-state index contributed by atoms with van der Waals surface area (Å²) in [6.45, 7) is 4.82. The van der Waals surface area contributed by atoms with E-state index in [9.17, 15) is 0 Å². The maximum absolute atomic E-state index is 2.59.